The molecule has 126 valence electrons. The van der Waals surface area contributed by atoms with E-state index in [9.17, 15) is 10.2 Å². The van der Waals surface area contributed by atoms with E-state index in [0.717, 1.165) is 32.4 Å². The lowest BCUT2D eigenvalue weighted by molar-refractivity contribution is 0.00357. The van der Waals surface area contributed by atoms with Gasteiger partial charge < -0.3 is 25.0 Å². The topological polar surface area (TPSA) is 71.0 Å². The molecule has 0 bridgehead atoms. The standard InChI is InChI=1S/C16H33NO4/c1-2-3-7-20-8-9-21-13-16(19)11-17-10-14-5-4-6-15(14)12-18/h14-19H,2-13H2,1H3. The third-order valence-corrected chi connectivity index (χ3v) is 4.16. The summed E-state index contributed by atoms with van der Waals surface area (Å²) in [6.07, 6.45) is 5.27. The second-order valence-corrected chi connectivity index (χ2v) is 5.99. The first-order valence-electron chi connectivity index (χ1n) is 8.43. The molecule has 0 saturated heterocycles. The molecule has 0 aliphatic heterocycles. The minimum atomic E-state index is -0.477. The van der Waals surface area contributed by atoms with Crippen LogP contribution in [0, 0.1) is 11.8 Å². The lowest BCUT2D eigenvalue weighted by Gasteiger charge is -2.19. The van der Waals surface area contributed by atoms with E-state index >= 15 is 0 Å². The van der Waals surface area contributed by atoms with E-state index in [1.807, 2.05) is 0 Å². The van der Waals surface area contributed by atoms with Crippen LogP contribution in [0.3, 0.4) is 0 Å². The minimum absolute atomic E-state index is 0.288. The van der Waals surface area contributed by atoms with E-state index < -0.39 is 6.10 Å². The second-order valence-electron chi connectivity index (χ2n) is 5.99. The fourth-order valence-corrected chi connectivity index (χ4v) is 2.80. The van der Waals surface area contributed by atoms with Crippen molar-refractivity contribution in [2.24, 2.45) is 11.8 Å². The van der Waals surface area contributed by atoms with Gasteiger partial charge in [0.25, 0.3) is 0 Å². The zero-order valence-electron chi connectivity index (χ0n) is 13.4. The van der Waals surface area contributed by atoms with Crippen LogP contribution in [-0.4, -0.2) is 62.4 Å². The van der Waals surface area contributed by atoms with Crippen LogP contribution in [0.5, 0.6) is 0 Å². The van der Waals surface area contributed by atoms with Crippen molar-refractivity contribution < 1.29 is 19.7 Å². The highest BCUT2D eigenvalue weighted by Gasteiger charge is 2.26. The van der Waals surface area contributed by atoms with Gasteiger partial charge in [0.1, 0.15) is 0 Å². The van der Waals surface area contributed by atoms with Crippen molar-refractivity contribution in [3.8, 4) is 0 Å². The van der Waals surface area contributed by atoms with Gasteiger partial charge in [-0.15, -0.1) is 0 Å². The molecule has 3 atom stereocenters. The maximum Gasteiger partial charge on any atom is 0.0897 e. The van der Waals surface area contributed by atoms with Crippen molar-refractivity contribution >= 4 is 0 Å². The molecule has 21 heavy (non-hydrogen) atoms. The maximum atomic E-state index is 9.81. The zero-order valence-corrected chi connectivity index (χ0v) is 13.4. The molecule has 1 saturated carbocycles. The Kier molecular flexibility index (Phi) is 11.1. The van der Waals surface area contributed by atoms with Crippen LogP contribution in [0.1, 0.15) is 39.0 Å². The quantitative estimate of drug-likeness (QED) is 0.446. The predicted octanol–water partition coefficient (Wildman–Crippen LogP) is 1.18. The molecule has 0 aromatic carbocycles. The number of aliphatic hydroxyl groups is 2. The molecule has 0 aromatic rings. The molecule has 0 heterocycles. The number of rotatable bonds is 13. The smallest absolute Gasteiger partial charge is 0.0897 e. The molecule has 1 aliphatic carbocycles. The molecule has 1 aliphatic rings. The molecule has 0 amide bonds. The largest absolute Gasteiger partial charge is 0.396 e. The SMILES string of the molecule is CCCCOCCOCC(O)CNCC1CCCC1CO. The van der Waals surface area contributed by atoms with Crippen LogP contribution < -0.4 is 5.32 Å². The summed E-state index contributed by atoms with van der Waals surface area (Å²) in [5.74, 6) is 0.987. The second kappa shape index (κ2) is 12.4. The molecule has 5 nitrogen and oxygen atoms in total. The summed E-state index contributed by atoms with van der Waals surface area (Å²) >= 11 is 0. The van der Waals surface area contributed by atoms with Gasteiger partial charge in [0.15, 0.2) is 0 Å². The van der Waals surface area contributed by atoms with Crippen LogP contribution in [0.15, 0.2) is 0 Å². The van der Waals surface area contributed by atoms with Gasteiger partial charge in [-0.3, -0.25) is 0 Å². The van der Waals surface area contributed by atoms with E-state index in [1.165, 1.54) is 12.8 Å². The molecular formula is C16H33NO4. The van der Waals surface area contributed by atoms with Crippen molar-refractivity contribution in [2.45, 2.75) is 45.1 Å². The van der Waals surface area contributed by atoms with E-state index in [-0.39, 0.29) is 6.61 Å². The number of hydrogen-bond acceptors (Lipinski definition) is 5. The Morgan fingerprint density at radius 2 is 1.90 bits per heavy atom. The summed E-state index contributed by atoms with van der Waals surface area (Å²) in [7, 11) is 0. The third-order valence-electron chi connectivity index (χ3n) is 4.16. The number of nitrogens with one attached hydrogen (secondary N) is 1. The first-order valence-corrected chi connectivity index (χ1v) is 8.43. The maximum absolute atomic E-state index is 9.81. The fourth-order valence-electron chi connectivity index (χ4n) is 2.80. The van der Waals surface area contributed by atoms with Crippen LogP contribution >= 0.6 is 0 Å². The van der Waals surface area contributed by atoms with Crippen molar-refractivity contribution in [2.75, 3.05) is 46.1 Å². The van der Waals surface area contributed by atoms with Gasteiger partial charge in [0, 0.05) is 19.8 Å². The van der Waals surface area contributed by atoms with Gasteiger partial charge in [-0.1, -0.05) is 19.8 Å². The Balaban J connectivity index is 1.90. The van der Waals surface area contributed by atoms with Crippen LogP contribution in [0.4, 0.5) is 0 Å². The van der Waals surface area contributed by atoms with Crippen LogP contribution in [-0.2, 0) is 9.47 Å². The Labute approximate surface area is 129 Å². The number of aliphatic hydroxyl groups excluding tert-OH is 2. The van der Waals surface area contributed by atoms with Gasteiger partial charge >= 0.3 is 0 Å². The number of ether oxygens (including phenoxy) is 2. The van der Waals surface area contributed by atoms with Gasteiger partial charge in [-0.2, -0.15) is 0 Å². The molecule has 3 N–H and O–H groups in total. The lowest BCUT2D eigenvalue weighted by atomic mass is 9.97. The van der Waals surface area contributed by atoms with Crippen molar-refractivity contribution in [1.82, 2.24) is 5.32 Å². The Hall–Kier alpha value is -0.200. The highest BCUT2D eigenvalue weighted by Crippen LogP contribution is 2.30. The normalized spacial score (nSPS) is 23.6. The van der Waals surface area contributed by atoms with Gasteiger partial charge in [0.2, 0.25) is 0 Å². The Morgan fingerprint density at radius 1 is 1.14 bits per heavy atom. The minimum Gasteiger partial charge on any atom is -0.396 e. The van der Waals surface area contributed by atoms with Crippen molar-refractivity contribution in [1.29, 1.82) is 0 Å². The molecule has 1 fully saturated rings. The average molecular weight is 303 g/mol. The van der Waals surface area contributed by atoms with Crippen LogP contribution in [0.25, 0.3) is 0 Å². The monoisotopic (exact) mass is 303 g/mol. The number of unbranched alkanes of at least 4 members (excludes halogenated alkanes) is 1. The van der Waals surface area contributed by atoms with Crippen molar-refractivity contribution in [3.05, 3.63) is 0 Å². The Morgan fingerprint density at radius 3 is 2.67 bits per heavy atom. The average Bonchev–Trinajstić information content (AvgIpc) is 2.94. The summed E-state index contributed by atoms with van der Waals surface area (Å²) < 4.78 is 10.8. The molecular weight excluding hydrogens is 270 g/mol. The van der Waals surface area contributed by atoms with Crippen molar-refractivity contribution in [3.63, 3.8) is 0 Å². The van der Waals surface area contributed by atoms with Crippen LogP contribution in [0.2, 0.25) is 0 Å². The van der Waals surface area contributed by atoms with E-state index in [2.05, 4.69) is 12.2 Å². The summed E-state index contributed by atoms with van der Waals surface area (Å²) in [5, 5.41) is 22.4. The summed E-state index contributed by atoms with van der Waals surface area (Å²) in [4.78, 5) is 0. The number of hydrogen-bond donors (Lipinski definition) is 3. The highest BCUT2D eigenvalue weighted by atomic mass is 16.5. The molecule has 3 unspecified atom stereocenters. The van der Waals surface area contributed by atoms with E-state index in [4.69, 9.17) is 9.47 Å². The molecule has 0 radical (unpaired) electrons. The fraction of sp³-hybridized carbons (Fsp3) is 1.00. The van der Waals surface area contributed by atoms with E-state index in [0.29, 0.717) is 38.2 Å². The highest BCUT2D eigenvalue weighted by molar-refractivity contribution is 4.78. The predicted molar refractivity (Wildman–Crippen MR) is 83.3 cm³/mol. The molecule has 0 spiro atoms. The summed E-state index contributed by atoms with van der Waals surface area (Å²) in [5.41, 5.74) is 0. The third kappa shape index (κ3) is 8.73. The molecule has 5 heteroatoms. The Bertz CT molecular complexity index is 240. The summed E-state index contributed by atoms with van der Waals surface area (Å²) in [6, 6.07) is 0. The molecule has 0 aromatic heterocycles. The van der Waals surface area contributed by atoms with Gasteiger partial charge in [-0.25, -0.2) is 0 Å². The summed E-state index contributed by atoms with van der Waals surface area (Å²) in [6.45, 7) is 6.12. The van der Waals surface area contributed by atoms with Gasteiger partial charge in [-0.05, 0) is 37.6 Å². The zero-order chi connectivity index (χ0) is 15.3. The van der Waals surface area contributed by atoms with Gasteiger partial charge in [0.05, 0.1) is 25.9 Å². The first-order chi connectivity index (χ1) is 10.3. The van der Waals surface area contributed by atoms with E-state index in [1.54, 1.807) is 0 Å². The molecule has 1 rings (SSSR count). The lowest BCUT2D eigenvalue weighted by Crippen LogP contribution is -2.35. The first kappa shape index (κ1) is 18.8.